The van der Waals surface area contributed by atoms with Crippen molar-refractivity contribution in [3.05, 3.63) is 47.3 Å². The third-order valence-electron chi connectivity index (χ3n) is 5.74. The second kappa shape index (κ2) is 7.59. The topological polar surface area (TPSA) is 90.4 Å². The molecule has 152 valence electrons. The predicted octanol–water partition coefficient (Wildman–Crippen LogP) is 3.67. The molecule has 0 saturated heterocycles. The lowest BCUT2D eigenvalue weighted by atomic mass is 9.68. The summed E-state index contributed by atoms with van der Waals surface area (Å²) >= 11 is 6.16. The summed E-state index contributed by atoms with van der Waals surface area (Å²) in [6.07, 6.45) is 6.23. The summed E-state index contributed by atoms with van der Waals surface area (Å²) in [5.41, 5.74) is 0.492. The van der Waals surface area contributed by atoms with Gasteiger partial charge in [-0.2, -0.15) is 10.1 Å². The van der Waals surface area contributed by atoms with E-state index in [0.29, 0.717) is 37.8 Å². The molecule has 2 N–H and O–H groups in total. The van der Waals surface area contributed by atoms with E-state index in [1.54, 1.807) is 6.20 Å². The quantitative estimate of drug-likeness (QED) is 0.795. The van der Waals surface area contributed by atoms with E-state index in [9.17, 15) is 14.0 Å². The normalized spacial score (nSPS) is 24.1. The minimum atomic E-state index is -0.696. The van der Waals surface area contributed by atoms with Crippen LogP contribution in [0.1, 0.15) is 49.6 Å². The molecule has 1 aromatic heterocycles. The number of hydrazone groups is 1. The number of imidazole rings is 1. The Morgan fingerprint density at radius 1 is 1.41 bits per heavy atom. The van der Waals surface area contributed by atoms with E-state index >= 15 is 0 Å². The number of nitrogens with one attached hydrogen (secondary N) is 2. The molecule has 1 aliphatic heterocycles. The first kappa shape index (κ1) is 19.6. The number of anilines is 1. The van der Waals surface area contributed by atoms with Gasteiger partial charge in [0.15, 0.2) is 5.82 Å². The molecule has 29 heavy (non-hydrogen) atoms. The third-order valence-corrected chi connectivity index (χ3v) is 6.04. The van der Waals surface area contributed by atoms with Crippen LogP contribution in [0.3, 0.4) is 0 Å². The number of aromatic nitrogens is 2. The van der Waals surface area contributed by atoms with Crippen LogP contribution in [0.4, 0.5) is 10.1 Å². The van der Waals surface area contributed by atoms with Gasteiger partial charge in [0.1, 0.15) is 5.82 Å². The zero-order chi connectivity index (χ0) is 20.6. The zero-order valence-corrected chi connectivity index (χ0v) is 16.7. The minimum absolute atomic E-state index is 0.0346. The number of hydrogen-bond acceptors (Lipinski definition) is 4. The van der Waals surface area contributed by atoms with Crippen LogP contribution in [0.5, 0.6) is 0 Å². The maximum absolute atomic E-state index is 13.4. The molecule has 7 nitrogen and oxygen atoms in total. The molecule has 0 bridgehead atoms. The van der Waals surface area contributed by atoms with Crippen molar-refractivity contribution in [2.75, 3.05) is 5.01 Å². The van der Waals surface area contributed by atoms with Crippen molar-refractivity contribution in [3.63, 3.8) is 0 Å². The van der Waals surface area contributed by atoms with Crippen LogP contribution in [-0.4, -0.2) is 33.5 Å². The van der Waals surface area contributed by atoms with Crippen LogP contribution in [0, 0.1) is 11.2 Å². The highest BCUT2D eigenvalue weighted by Crippen LogP contribution is 2.46. The van der Waals surface area contributed by atoms with Crippen LogP contribution in [0.2, 0.25) is 5.02 Å². The van der Waals surface area contributed by atoms with Crippen molar-refractivity contribution >= 4 is 34.8 Å². The number of H-pyrrole nitrogens is 1. The lowest BCUT2D eigenvalue weighted by molar-refractivity contribution is -0.125. The molecule has 2 amide bonds. The van der Waals surface area contributed by atoms with E-state index in [4.69, 9.17) is 11.6 Å². The maximum atomic E-state index is 13.4. The first-order valence-electron chi connectivity index (χ1n) is 9.62. The highest BCUT2D eigenvalue weighted by Gasteiger charge is 2.52. The highest BCUT2D eigenvalue weighted by atomic mass is 35.5. The first-order valence-corrected chi connectivity index (χ1v) is 10.00. The molecule has 1 aromatic carbocycles. The summed E-state index contributed by atoms with van der Waals surface area (Å²) < 4.78 is 13.4. The largest absolute Gasteiger partial charge is 0.347 e. The van der Waals surface area contributed by atoms with Crippen molar-refractivity contribution in [3.8, 4) is 0 Å². The molecule has 1 aliphatic carbocycles. The van der Waals surface area contributed by atoms with Crippen LogP contribution >= 0.6 is 11.6 Å². The highest BCUT2D eigenvalue weighted by molar-refractivity contribution is 6.34. The van der Waals surface area contributed by atoms with Crippen LogP contribution in [0.15, 0.2) is 35.7 Å². The predicted molar refractivity (Wildman–Crippen MR) is 107 cm³/mol. The number of halogens is 2. The van der Waals surface area contributed by atoms with Gasteiger partial charge < -0.3 is 10.3 Å². The second-order valence-electron chi connectivity index (χ2n) is 7.38. The number of aromatic amines is 1. The SMILES string of the molecule is CCC1=NN(c2ccc(F)cc2Cl)C(=O)C12CCC(NC(=O)c1ncc[nH]1)CC2. The number of carbonyl (C=O) groups is 2. The van der Waals surface area contributed by atoms with Crippen LogP contribution in [0.25, 0.3) is 0 Å². The van der Waals surface area contributed by atoms with Crippen LogP contribution in [-0.2, 0) is 4.79 Å². The van der Waals surface area contributed by atoms with E-state index in [0.717, 1.165) is 5.71 Å². The Morgan fingerprint density at radius 3 is 2.79 bits per heavy atom. The number of amides is 2. The molecular weight excluding hydrogens is 397 g/mol. The van der Waals surface area contributed by atoms with Crippen molar-refractivity contribution in [2.45, 2.75) is 45.1 Å². The van der Waals surface area contributed by atoms with Gasteiger partial charge in [0, 0.05) is 18.4 Å². The summed E-state index contributed by atoms with van der Waals surface area (Å²) in [5, 5.41) is 8.97. The molecule has 1 fully saturated rings. The molecule has 0 atom stereocenters. The molecule has 2 aliphatic rings. The fourth-order valence-electron chi connectivity index (χ4n) is 4.21. The molecule has 9 heteroatoms. The first-order chi connectivity index (χ1) is 13.9. The molecule has 0 unspecified atom stereocenters. The average Bonchev–Trinajstić information content (AvgIpc) is 3.33. The monoisotopic (exact) mass is 417 g/mol. The molecule has 0 radical (unpaired) electrons. The molecule has 2 heterocycles. The van der Waals surface area contributed by atoms with Crippen LogP contribution < -0.4 is 10.3 Å². The fourth-order valence-corrected chi connectivity index (χ4v) is 4.46. The molecule has 1 spiro atoms. The van der Waals surface area contributed by atoms with Gasteiger partial charge in [-0.3, -0.25) is 9.59 Å². The molecule has 2 aromatic rings. The van der Waals surface area contributed by atoms with Gasteiger partial charge >= 0.3 is 0 Å². The van der Waals surface area contributed by atoms with Gasteiger partial charge in [-0.25, -0.2) is 9.37 Å². The van der Waals surface area contributed by atoms with Gasteiger partial charge in [0.25, 0.3) is 11.8 Å². The van der Waals surface area contributed by atoms with Gasteiger partial charge in [-0.05, 0) is 50.3 Å². The van der Waals surface area contributed by atoms with E-state index in [1.807, 2.05) is 6.92 Å². The fraction of sp³-hybridized carbons (Fsp3) is 0.400. The average molecular weight is 418 g/mol. The van der Waals surface area contributed by atoms with E-state index in [-0.39, 0.29) is 28.7 Å². The number of carbonyl (C=O) groups excluding carboxylic acids is 2. The summed E-state index contributed by atoms with van der Waals surface area (Å²) in [6, 6.07) is 3.88. The minimum Gasteiger partial charge on any atom is -0.347 e. The van der Waals surface area contributed by atoms with Gasteiger partial charge in [-0.1, -0.05) is 18.5 Å². The van der Waals surface area contributed by atoms with Crippen molar-refractivity contribution in [1.82, 2.24) is 15.3 Å². The Labute approximate surface area is 172 Å². The number of rotatable bonds is 4. The zero-order valence-electron chi connectivity index (χ0n) is 15.9. The Bertz CT molecular complexity index is 967. The summed E-state index contributed by atoms with van der Waals surface area (Å²) in [6.45, 7) is 1.97. The Kier molecular flexibility index (Phi) is 5.12. The lowest BCUT2D eigenvalue weighted by Gasteiger charge is -2.36. The van der Waals surface area contributed by atoms with Crippen molar-refractivity contribution in [1.29, 1.82) is 0 Å². The smallest absolute Gasteiger partial charge is 0.287 e. The molecule has 1 saturated carbocycles. The number of benzene rings is 1. The van der Waals surface area contributed by atoms with E-state index in [1.165, 1.54) is 29.4 Å². The maximum Gasteiger partial charge on any atom is 0.287 e. The summed E-state index contributed by atoms with van der Waals surface area (Å²) in [7, 11) is 0. The van der Waals surface area contributed by atoms with Crippen molar-refractivity contribution < 1.29 is 14.0 Å². The molecular formula is C20H21ClFN5O2. The van der Waals surface area contributed by atoms with Crippen molar-refractivity contribution in [2.24, 2.45) is 10.5 Å². The standard InChI is InChI=1S/C20H21ClFN5O2/c1-2-16-20(19(29)27(26-16)15-4-3-12(22)11-14(15)21)7-5-13(6-8-20)25-18(28)17-23-9-10-24-17/h3-4,9-11,13H,2,5-8H2,1H3,(H,23,24)(H,25,28). The third kappa shape index (κ3) is 3.42. The van der Waals surface area contributed by atoms with Gasteiger partial charge in [-0.15, -0.1) is 0 Å². The summed E-state index contributed by atoms with van der Waals surface area (Å²) in [5.74, 6) is -0.584. The number of nitrogens with zero attached hydrogens (tertiary/aromatic N) is 3. The Morgan fingerprint density at radius 2 is 2.17 bits per heavy atom. The van der Waals surface area contributed by atoms with E-state index in [2.05, 4.69) is 20.4 Å². The summed E-state index contributed by atoms with van der Waals surface area (Å²) in [4.78, 5) is 32.3. The Hall–Kier alpha value is -2.74. The molecule has 4 rings (SSSR count). The second-order valence-corrected chi connectivity index (χ2v) is 7.79. The van der Waals surface area contributed by atoms with Gasteiger partial charge in [0.2, 0.25) is 0 Å². The Balaban J connectivity index is 1.50. The lowest BCUT2D eigenvalue weighted by Crippen LogP contribution is -2.47. The van der Waals surface area contributed by atoms with E-state index < -0.39 is 11.2 Å². The van der Waals surface area contributed by atoms with Gasteiger partial charge in [0.05, 0.1) is 21.8 Å². The number of hydrogen-bond donors (Lipinski definition) is 2.